The number of hydrogen-bond acceptors (Lipinski definition) is 6. The smallest absolute Gasteiger partial charge is 0.227 e. The van der Waals surface area contributed by atoms with Crippen LogP contribution in [0.25, 0.3) is 10.8 Å². The highest BCUT2D eigenvalue weighted by Crippen LogP contribution is 2.57. The third-order valence-corrected chi connectivity index (χ3v) is 7.73. The molecule has 0 saturated carbocycles. The molecule has 0 amide bonds. The first-order valence-electron chi connectivity index (χ1n) is 12.8. The van der Waals surface area contributed by atoms with Crippen molar-refractivity contribution in [3.05, 3.63) is 138 Å². The predicted octanol–water partition coefficient (Wildman–Crippen LogP) is 5.69. The molecule has 2 aliphatic heterocycles. The molecule has 2 aliphatic rings. The third-order valence-electron chi connectivity index (χ3n) is 7.73. The van der Waals surface area contributed by atoms with Gasteiger partial charge in [0.25, 0.3) is 0 Å². The van der Waals surface area contributed by atoms with E-state index in [1.165, 1.54) is 0 Å². The van der Waals surface area contributed by atoms with Crippen LogP contribution < -0.4 is 9.47 Å². The van der Waals surface area contributed by atoms with Crippen LogP contribution in [-0.2, 0) is 5.72 Å². The summed E-state index contributed by atoms with van der Waals surface area (Å²) in [7, 11) is 1.60. The molecule has 190 valence electrons. The van der Waals surface area contributed by atoms with Gasteiger partial charge in [-0.3, -0.25) is 9.78 Å². The number of aliphatic hydroxyl groups is 1. The number of Topliss-reactive ketones (excluding diaryl/α,β-unsaturated/α-hetero) is 1. The number of para-hydroxylation sites is 1. The Morgan fingerprint density at radius 1 is 0.846 bits per heavy atom. The molecule has 3 heterocycles. The molecular weight excluding hydrogens is 488 g/mol. The molecule has 4 aromatic carbocycles. The van der Waals surface area contributed by atoms with Crippen LogP contribution in [0.3, 0.4) is 0 Å². The van der Waals surface area contributed by atoms with Crippen LogP contribution in [0, 0.1) is 0 Å². The van der Waals surface area contributed by atoms with Gasteiger partial charge in [-0.05, 0) is 41.3 Å². The average molecular weight is 513 g/mol. The summed E-state index contributed by atoms with van der Waals surface area (Å²) in [6, 6.07) is 33.5. The minimum absolute atomic E-state index is 0.265. The lowest BCUT2D eigenvalue weighted by atomic mass is 9.70. The molecule has 0 saturated heterocycles. The maximum absolute atomic E-state index is 14.6. The van der Waals surface area contributed by atoms with Gasteiger partial charge in [-0.2, -0.15) is 0 Å². The third kappa shape index (κ3) is 3.28. The SMILES string of the molecule is COc1ccc([C@H]2[C@@]3(Oc4ccccc4C3=O)C(c3nccc4ccccc34)=N[C@]2(O)c2ccccc2)cc1. The number of carbonyl (C=O) groups is 1. The van der Waals surface area contributed by atoms with Crippen LogP contribution in [0.1, 0.15) is 33.1 Å². The number of pyridine rings is 1. The van der Waals surface area contributed by atoms with Crippen LogP contribution >= 0.6 is 0 Å². The normalized spacial score (nSPS) is 23.5. The van der Waals surface area contributed by atoms with E-state index in [1.54, 1.807) is 25.4 Å². The zero-order chi connectivity index (χ0) is 26.6. The van der Waals surface area contributed by atoms with E-state index in [4.69, 9.17) is 19.5 Å². The Bertz CT molecular complexity index is 1760. The van der Waals surface area contributed by atoms with Gasteiger partial charge in [0.1, 0.15) is 17.2 Å². The summed E-state index contributed by atoms with van der Waals surface area (Å²) < 4.78 is 12.1. The molecule has 39 heavy (non-hydrogen) atoms. The Morgan fingerprint density at radius 3 is 2.33 bits per heavy atom. The highest BCUT2D eigenvalue weighted by Gasteiger charge is 2.69. The summed E-state index contributed by atoms with van der Waals surface area (Å²) in [5.74, 6) is -0.0765. The summed E-state index contributed by atoms with van der Waals surface area (Å²) in [4.78, 5) is 24.3. The Labute approximate surface area is 225 Å². The quantitative estimate of drug-likeness (QED) is 0.335. The lowest BCUT2D eigenvalue weighted by Gasteiger charge is -2.37. The molecule has 7 rings (SSSR count). The maximum atomic E-state index is 14.6. The summed E-state index contributed by atoms with van der Waals surface area (Å²) >= 11 is 0. The number of methoxy groups -OCH3 is 1. The molecule has 0 radical (unpaired) electrons. The van der Waals surface area contributed by atoms with E-state index in [-0.39, 0.29) is 5.78 Å². The second kappa shape index (κ2) is 8.61. The van der Waals surface area contributed by atoms with E-state index >= 15 is 0 Å². The highest BCUT2D eigenvalue weighted by molar-refractivity contribution is 6.31. The van der Waals surface area contributed by atoms with E-state index in [2.05, 4.69) is 0 Å². The number of aromatic nitrogens is 1. The van der Waals surface area contributed by atoms with Crippen molar-refractivity contribution in [3.63, 3.8) is 0 Å². The van der Waals surface area contributed by atoms with Gasteiger partial charge < -0.3 is 14.6 Å². The van der Waals surface area contributed by atoms with Gasteiger partial charge in [0.2, 0.25) is 11.4 Å². The monoisotopic (exact) mass is 512 g/mol. The standard InChI is InChI=1S/C33H24N2O4/c1-38-24-17-15-22(16-18-24)29-32(31(36)26-13-7-8-14-27(26)39-32)30(35-33(29,37)23-10-3-2-4-11-23)28-25-12-6-5-9-21(25)19-20-34-28/h2-20,29,37H,1H3/t29-,32+,33-/m0/s1. The van der Waals surface area contributed by atoms with Crippen LogP contribution in [-0.4, -0.2) is 34.3 Å². The Balaban J connectivity index is 1.57. The number of ketones is 1. The fourth-order valence-corrected chi connectivity index (χ4v) is 5.96. The van der Waals surface area contributed by atoms with Crippen molar-refractivity contribution in [1.82, 2.24) is 4.98 Å². The van der Waals surface area contributed by atoms with Gasteiger partial charge in [0.05, 0.1) is 24.3 Å². The van der Waals surface area contributed by atoms with Crippen LogP contribution in [0.4, 0.5) is 0 Å². The van der Waals surface area contributed by atoms with Crippen LogP contribution in [0.2, 0.25) is 0 Å². The molecule has 3 atom stereocenters. The number of ether oxygens (including phenoxy) is 2. The first-order chi connectivity index (χ1) is 19.1. The summed E-state index contributed by atoms with van der Waals surface area (Å²) in [5, 5.41) is 14.4. The van der Waals surface area contributed by atoms with Crippen molar-refractivity contribution in [3.8, 4) is 11.5 Å². The molecule has 1 aromatic heterocycles. The van der Waals surface area contributed by atoms with Crippen molar-refractivity contribution in [2.45, 2.75) is 17.2 Å². The van der Waals surface area contributed by atoms with Crippen LogP contribution in [0.5, 0.6) is 11.5 Å². The first kappa shape index (κ1) is 23.3. The van der Waals surface area contributed by atoms with Gasteiger partial charge >= 0.3 is 0 Å². The van der Waals surface area contributed by atoms with Gasteiger partial charge in [-0.1, -0.05) is 78.9 Å². The van der Waals surface area contributed by atoms with Gasteiger partial charge in [0.15, 0.2) is 5.72 Å². The van der Waals surface area contributed by atoms with Gasteiger partial charge in [-0.25, -0.2) is 4.99 Å². The number of nitrogens with zero attached hydrogens (tertiary/aromatic N) is 2. The molecule has 6 heteroatoms. The molecule has 6 nitrogen and oxygen atoms in total. The summed E-state index contributed by atoms with van der Waals surface area (Å²) in [5.41, 5.74) is -1.02. The number of benzene rings is 4. The summed E-state index contributed by atoms with van der Waals surface area (Å²) in [6.07, 6.45) is 1.70. The first-order valence-corrected chi connectivity index (χ1v) is 12.8. The largest absolute Gasteiger partial charge is 0.497 e. The zero-order valence-corrected chi connectivity index (χ0v) is 21.1. The van der Waals surface area contributed by atoms with Crippen molar-refractivity contribution in [2.24, 2.45) is 4.99 Å². The predicted molar refractivity (Wildman–Crippen MR) is 148 cm³/mol. The van der Waals surface area contributed by atoms with E-state index in [0.717, 1.165) is 10.8 Å². The minimum Gasteiger partial charge on any atom is -0.497 e. The van der Waals surface area contributed by atoms with E-state index in [1.807, 2.05) is 97.1 Å². The second-order valence-electron chi connectivity index (χ2n) is 9.80. The Hall–Kier alpha value is -4.81. The Kier molecular flexibility index (Phi) is 5.15. The van der Waals surface area contributed by atoms with Crippen molar-refractivity contribution < 1.29 is 19.4 Å². The van der Waals surface area contributed by atoms with E-state index < -0.39 is 17.2 Å². The molecule has 0 bridgehead atoms. The van der Waals surface area contributed by atoms with Gasteiger partial charge in [-0.15, -0.1) is 0 Å². The minimum atomic E-state index is -1.83. The van der Waals surface area contributed by atoms with Crippen molar-refractivity contribution >= 4 is 22.3 Å². The van der Waals surface area contributed by atoms with Crippen molar-refractivity contribution in [2.75, 3.05) is 7.11 Å². The molecule has 0 unspecified atom stereocenters. The number of aliphatic imine (C=N–C) groups is 1. The average Bonchev–Trinajstić information content (AvgIpc) is 3.44. The van der Waals surface area contributed by atoms with Gasteiger partial charge in [0, 0.05) is 17.1 Å². The lowest BCUT2D eigenvalue weighted by molar-refractivity contribution is -0.0157. The fourth-order valence-electron chi connectivity index (χ4n) is 5.96. The molecule has 0 aliphatic carbocycles. The number of carbonyl (C=O) groups excluding carboxylic acids is 1. The molecule has 5 aromatic rings. The van der Waals surface area contributed by atoms with E-state index in [9.17, 15) is 9.90 Å². The van der Waals surface area contributed by atoms with Crippen molar-refractivity contribution in [1.29, 1.82) is 0 Å². The Morgan fingerprint density at radius 2 is 1.56 bits per heavy atom. The number of fused-ring (bicyclic) bond motifs is 2. The molecule has 1 N–H and O–H groups in total. The molecular formula is C33H24N2O4. The lowest BCUT2D eigenvalue weighted by Crippen LogP contribution is -2.54. The van der Waals surface area contributed by atoms with E-state index in [0.29, 0.717) is 39.6 Å². The summed E-state index contributed by atoms with van der Waals surface area (Å²) in [6.45, 7) is 0. The number of hydrogen-bond donors (Lipinski definition) is 1. The number of rotatable bonds is 4. The maximum Gasteiger partial charge on any atom is 0.227 e. The fraction of sp³-hybridized carbons (Fsp3) is 0.121. The zero-order valence-electron chi connectivity index (χ0n) is 21.1. The molecule has 1 spiro atoms. The van der Waals surface area contributed by atoms with Crippen LogP contribution in [0.15, 0.2) is 120 Å². The highest BCUT2D eigenvalue weighted by atomic mass is 16.5. The topological polar surface area (TPSA) is 81.0 Å². The molecule has 0 fully saturated rings. The second-order valence-corrected chi connectivity index (χ2v) is 9.80.